The van der Waals surface area contributed by atoms with Gasteiger partial charge in [-0.05, 0) is 37.5 Å². The summed E-state index contributed by atoms with van der Waals surface area (Å²) in [7, 11) is 0. The van der Waals surface area contributed by atoms with Crippen LogP contribution in [0.2, 0.25) is 10.0 Å². The van der Waals surface area contributed by atoms with Crippen LogP contribution in [-0.2, 0) is 16.1 Å². The molecular formula is C16H19Cl2NO3. The van der Waals surface area contributed by atoms with Gasteiger partial charge in [0.2, 0.25) is 5.91 Å². The van der Waals surface area contributed by atoms with Crippen molar-refractivity contribution in [2.24, 2.45) is 5.41 Å². The van der Waals surface area contributed by atoms with Crippen molar-refractivity contribution in [1.29, 1.82) is 0 Å². The Kier molecular flexibility index (Phi) is 5.35. The monoisotopic (exact) mass is 343 g/mol. The minimum Gasteiger partial charge on any atom is -0.481 e. The minimum absolute atomic E-state index is 0.0670. The maximum absolute atomic E-state index is 12.4. The van der Waals surface area contributed by atoms with Gasteiger partial charge in [0.1, 0.15) is 0 Å². The second-order valence-corrected chi connectivity index (χ2v) is 6.59. The molecule has 0 saturated heterocycles. The zero-order valence-corrected chi connectivity index (χ0v) is 14.0. The second kappa shape index (κ2) is 6.88. The third-order valence-electron chi connectivity index (χ3n) is 4.35. The van der Waals surface area contributed by atoms with E-state index >= 15 is 0 Å². The zero-order valence-electron chi connectivity index (χ0n) is 12.4. The molecule has 1 saturated carbocycles. The summed E-state index contributed by atoms with van der Waals surface area (Å²) in [5.74, 6) is -0.992. The van der Waals surface area contributed by atoms with Gasteiger partial charge in [-0.3, -0.25) is 9.59 Å². The van der Waals surface area contributed by atoms with Crippen molar-refractivity contribution >= 4 is 35.1 Å². The SMILES string of the molecule is CCN(Cc1ccc(Cl)c(Cl)c1)C(=O)CC1(C(=O)O)CCC1. The molecule has 1 N–H and O–H groups in total. The first-order chi connectivity index (χ1) is 10.4. The molecule has 0 bridgehead atoms. The lowest BCUT2D eigenvalue weighted by Gasteiger charge is -2.38. The number of amides is 1. The number of benzene rings is 1. The van der Waals surface area contributed by atoms with Crippen LogP contribution in [0.5, 0.6) is 0 Å². The van der Waals surface area contributed by atoms with Gasteiger partial charge in [-0.15, -0.1) is 0 Å². The van der Waals surface area contributed by atoms with Gasteiger partial charge < -0.3 is 10.0 Å². The molecule has 1 aromatic rings. The number of carbonyl (C=O) groups is 2. The summed E-state index contributed by atoms with van der Waals surface area (Å²) in [6, 6.07) is 5.25. The van der Waals surface area contributed by atoms with Gasteiger partial charge in [0, 0.05) is 19.5 Å². The molecule has 0 heterocycles. The third-order valence-corrected chi connectivity index (χ3v) is 5.08. The third kappa shape index (κ3) is 3.55. The van der Waals surface area contributed by atoms with E-state index in [0.29, 0.717) is 36.0 Å². The topological polar surface area (TPSA) is 57.6 Å². The molecule has 1 amide bonds. The first kappa shape index (κ1) is 17.1. The normalized spacial score (nSPS) is 16.0. The lowest BCUT2D eigenvalue weighted by Crippen LogP contribution is -2.43. The first-order valence-corrected chi connectivity index (χ1v) is 8.08. The highest BCUT2D eigenvalue weighted by atomic mass is 35.5. The van der Waals surface area contributed by atoms with Crippen LogP contribution in [0.3, 0.4) is 0 Å². The molecule has 0 aliphatic heterocycles. The fourth-order valence-corrected chi connectivity index (χ4v) is 3.03. The predicted octanol–water partition coefficient (Wildman–Crippen LogP) is 3.99. The molecule has 1 aliphatic rings. The van der Waals surface area contributed by atoms with Gasteiger partial charge in [-0.2, -0.15) is 0 Å². The number of hydrogen-bond donors (Lipinski definition) is 1. The number of nitrogens with zero attached hydrogens (tertiary/aromatic N) is 1. The van der Waals surface area contributed by atoms with Gasteiger partial charge in [0.05, 0.1) is 15.5 Å². The van der Waals surface area contributed by atoms with E-state index in [1.807, 2.05) is 13.0 Å². The number of carboxylic acid groups (broad SMARTS) is 1. The van der Waals surface area contributed by atoms with Gasteiger partial charge in [0.25, 0.3) is 0 Å². The molecule has 4 nitrogen and oxygen atoms in total. The summed E-state index contributed by atoms with van der Waals surface area (Å²) < 4.78 is 0. The van der Waals surface area contributed by atoms with Gasteiger partial charge in [-0.25, -0.2) is 0 Å². The summed E-state index contributed by atoms with van der Waals surface area (Å²) in [4.78, 5) is 25.5. The summed E-state index contributed by atoms with van der Waals surface area (Å²) in [6.45, 7) is 2.81. The molecule has 6 heteroatoms. The van der Waals surface area contributed by atoms with Crippen LogP contribution >= 0.6 is 23.2 Å². The Morgan fingerprint density at radius 1 is 1.27 bits per heavy atom. The Hall–Kier alpha value is -1.26. The smallest absolute Gasteiger partial charge is 0.310 e. The Labute approximate surface area is 140 Å². The van der Waals surface area contributed by atoms with Crippen LogP contribution in [0, 0.1) is 5.41 Å². The van der Waals surface area contributed by atoms with Crippen LogP contribution < -0.4 is 0 Å². The molecule has 1 aromatic carbocycles. The summed E-state index contributed by atoms with van der Waals surface area (Å²) >= 11 is 11.9. The first-order valence-electron chi connectivity index (χ1n) is 7.33. The maximum Gasteiger partial charge on any atom is 0.310 e. The lowest BCUT2D eigenvalue weighted by atomic mass is 9.66. The number of halogens is 2. The molecule has 2 rings (SSSR count). The molecule has 0 spiro atoms. The number of rotatable bonds is 6. The second-order valence-electron chi connectivity index (χ2n) is 5.77. The summed E-state index contributed by atoms with van der Waals surface area (Å²) in [6.07, 6.45) is 2.10. The Morgan fingerprint density at radius 2 is 1.95 bits per heavy atom. The van der Waals surface area contributed by atoms with Crippen molar-refractivity contribution in [2.75, 3.05) is 6.54 Å². The molecule has 1 fully saturated rings. The van der Waals surface area contributed by atoms with Crippen LogP contribution in [0.25, 0.3) is 0 Å². The van der Waals surface area contributed by atoms with Crippen molar-refractivity contribution in [1.82, 2.24) is 4.90 Å². The summed E-state index contributed by atoms with van der Waals surface area (Å²) in [5.41, 5.74) is 0.0184. The number of carbonyl (C=O) groups excluding carboxylic acids is 1. The predicted molar refractivity (Wildman–Crippen MR) is 86.1 cm³/mol. The largest absolute Gasteiger partial charge is 0.481 e. The molecule has 0 radical (unpaired) electrons. The van der Waals surface area contributed by atoms with Crippen molar-refractivity contribution in [2.45, 2.75) is 39.2 Å². The van der Waals surface area contributed by atoms with E-state index in [9.17, 15) is 14.7 Å². The van der Waals surface area contributed by atoms with E-state index in [2.05, 4.69) is 0 Å². The average Bonchev–Trinajstić information content (AvgIpc) is 2.43. The maximum atomic E-state index is 12.4. The number of hydrogen-bond acceptors (Lipinski definition) is 2. The Balaban J connectivity index is 2.05. The van der Waals surface area contributed by atoms with Crippen LogP contribution in [0.15, 0.2) is 18.2 Å². The number of carboxylic acids is 1. The molecule has 0 atom stereocenters. The fourth-order valence-electron chi connectivity index (χ4n) is 2.71. The van der Waals surface area contributed by atoms with Crippen molar-refractivity contribution in [3.63, 3.8) is 0 Å². The minimum atomic E-state index is -0.863. The Bertz CT molecular complexity index is 585. The van der Waals surface area contributed by atoms with Crippen molar-refractivity contribution in [3.8, 4) is 0 Å². The van der Waals surface area contributed by atoms with E-state index in [1.165, 1.54) is 0 Å². The van der Waals surface area contributed by atoms with E-state index < -0.39 is 11.4 Å². The molecule has 120 valence electrons. The van der Waals surface area contributed by atoms with E-state index in [-0.39, 0.29) is 12.3 Å². The molecule has 22 heavy (non-hydrogen) atoms. The van der Waals surface area contributed by atoms with Gasteiger partial charge in [0.15, 0.2) is 0 Å². The molecular weight excluding hydrogens is 325 g/mol. The quantitative estimate of drug-likeness (QED) is 0.849. The van der Waals surface area contributed by atoms with E-state index in [1.54, 1.807) is 17.0 Å². The fraction of sp³-hybridized carbons (Fsp3) is 0.500. The lowest BCUT2D eigenvalue weighted by molar-refractivity contribution is -0.159. The Morgan fingerprint density at radius 3 is 2.41 bits per heavy atom. The zero-order chi connectivity index (χ0) is 16.3. The number of aliphatic carboxylic acids is 1. The molecule has 0 unspecified atom stereocenters. The summed E-state index contributed by atoms with van der Waals surface area (Å²) in [5, 5.41) is 10.3. The standard InChI is InChI=1S/C16H19Cl2NO3/c1-2-19(10-11-4-5-12(17)13(18)8-11)14(20)9-16(15(21)22)6-3-7-16/h4-5,8H,2-3,6-7,9-10H2,1H3,(H,21,22). The van der Waals surface area contributed by atoms with Gasteiger partial charge in [-0.1, -0.05) is 35.7 Å². The van der Waals surface area contributed by atoms with Crippen LogP contribution in [0.1, 0.15) is 38.2 Å². The van der Waals surface area contributed by atoms with Crippen molar-refractivity contribution < 1.29 is 14.7 Å². The van der Waals surface area contributed by atoms with Crippen LogP contribution in [0.4, 0.5) is 0 Å². The van der Waals surface area contributed by atoms with E-state index in [4.69, 9.17) is 23.2 Å². The van der Waals surface area contributed by atoms with Crippen molar-refractivity contribution in [3.05, 3.63) is 33.8 Å². The highest BCUT2D eigenvalue weighted by Gasteiger charge is 2.46. The van der Waals surface area contributed by atoms with Crippen LogP contribution in [-0.4, -0.2) is 28.4 Å². The highest BCUT2D eigenvalue weighted by Crippen LogP contribution is 2.44. The van der Waals surface area contributed by atoms with Gasteiger partial charge >= 0.3 is 5.97 Å². The average molecular weight is 344 g/mol. The van der Waals surface area contributed by atoms with E-state index in [0.717, 1.165) is 12.0 Å². The molecule has 0 aromatic heterocycles. The highest BCUT2D eigenvalue weighted by molar-refractivity contribution is 6.42. The molecule has 1 aliphatic carbocycles.